The van der Waals surface area contributed by atoms with Crippen molar-refractivity contribution in [2.45, 2.75) is 6.92 Å². The summed E-state index contributed by atoms with van der Waals surface area (Å²) in [6, 6.07) is 7.08. The summed E-state index contributed by atoms with van der Waals surface area (Å²) in [7, 11) is -3.37. The topological polar surface area (TPSA) is 46.2 Å². The van der Waals surface area contributed by atoms with E-state index in [4.69, 9.17) is 11.6 Å². The molecule has 1 rings (SSSR count). The monoisotopic (exact) mass is 219 g/mol. The minimum Gasteiger partial charge on any atom is -0.283 e. The minimum atomic E-state index is -3.37. The summed E-state index contributed by atoms with van der Waals surface area (Å²) in [5.41, 5.74) is 1.54. The molecule has 5 heteroatoms. The maximum absolute atomic E-state index is 11.0. The molecule has 0 atom stereocenters. The average molecular weight is 220 g/mol. The van der Waals surface area contributed by atoms with Crippen molar-refractivity contribution in [1.82, 2.24) is 0 Å². The average Bonchev–Trinajstić information content (AvgIpc) is 2.03. The van der Waals surface area contributed by atoms with Crippen LogP contribution in [0.15, 0.2) is 24.3 Å². The molecule has 0 saturated heterocycles. The maximum atomic E-state index is 11.0. The van der Waals surface area contributed by atoms with Crippen molar-refractivity contribution in [3.05, 3.63) is 29.8 Å². The van der Waals surface area contributed by atoms with Crippen molar-refractivity contribution >= 4 is 27.3 Å². The Morgan fingerprint density at radius 1 is 1.46 bits per heavy atom. The Labute approximate surface area is 82.8 Å². The van der Waals surface area contributed by atoms with E-state index < -0.39 is 15.2 Å². The SMILES string of the molecule is Cc1cccc(NS(=O)(=O)CCl)c1. The number of anilines is 1. The van der Waals surface area contributed by atoms with Gasteiger partial charge in [0.2, 0.25) is 10.0 Å². The van der Waals surface area contributed by atoms with Gasteiger partial charge in [-0.2, -0.15) is 0 Å². The molecule has 0 unspecified atom stereocenters. The Balaban J connectivity index is 2.87. The van der Waals surface area contributed by atoms with Crippen LogP contribution in [0, 0.1) is 6.92 Å². The molecule has 0 amide bonds. The summed E-state index contributed by atoms with van der Waals surface area (Å²) >= 11 is 5.23. The van der Waals surface area contributed by atoms with Crippen molar-refractivity contribution in [2.24, 2.45) is 0 Å². The standard InChI is InChI=1S/C8H10ClNO2S/c1-7-3-2-4-8(5-7)10-13(11,12)6-9/h2-5,10H,6H2,1H3. The van der Waals surface area contributed by atoms with Crippen molar-refractivity contribution in [2.75, 3.05) is 9.93 Å². The number of benzene rings is 1. The van der Waals surface area contributed by atoms with Gasteiger partial charge in [-0.15, -0.1) is 11.6 Å². The van der Waals surface area contributed by atoms with E-state index >= 15 is 0 Å². The first-order valence-electron chi connectivity index (χ1n) is 3.66. The molecule has 1 N–H and O–H groups in total. The normalized spacial score (nSPS) is 11.2. The Morgan fingerprint density at radius 3 is 2.69 bits per heavy atom. The van der Waals surface area contributed by atoms with E-state index in [1.165, 1.54) is 0 Å². The molecule has 0 aromatic heterocycles. The number of sulfonamides is 1. The molecular weight excluding hydrogens is 210 g/mol. The molecule has 13 heavy (non-hydrogen) atoms. The predicted octanol–water partition coefficient (Wildman–Crippen LogP) is 1.93. The zero-order chi connectivity index (χ0) is 9.90. The molecule has 0 radical (unpaired) electrons. The molecule has 0 fully saturated rings. The van der Waals surface area contributed by atoms with Gasteiger partial charge >= 0.3 is 0 Å². The number of halogens is 1. The van der Waals surface area contributed by atoms with E-state index in [-0.39, 0.29) is 0 Å². The van der Waals surface area contributed by atoms with Crippen LogP contribution in [-0.2, 0) is 10.0 Å². The highest BCUT2D eigenvalue weighted by Crippen LogP contribution is 2.11. The van der Waals surface area contributed by atoms with Crippen LogP contribution in [0.2, 0.25) is 0 Å². The zero-order valence-corrected chi connectivity index (χ0v) is 8.69. The minimum absolute atomic E-state index is 0.430. The van der Waals surface area contributed by atoms with Crippen LogP contribution in [-0.4, -0.2) is 13.6 Å². The second-order valence-electron chi connectivity index (χ2n) is 2.70. The summed E-state index contributed by atoms with van der Waals surface area (Å²) in [5.74, 6) is 0. The number of hydrogen-bond donors (Lipinski definition) is 1. The van der Waals surface area contributed by atoms with Crippen LogP contribution in [0.1, 0.15) is 5.56 Å². The third-order valence-corrected chi connectivity index (χ3v) is 3.13. The molecule has 0 aliphatic rings. The number of hydrogen-bond acceptors (Lipinski definition) is 2. The highest BCUT2D eigenvalue weighted by Gasteiger charge is 2.06. The van der Waals surface area contributed by atoms with Gasteiger partial charge in [-0.25, -0.2) is 8.42 Å². The lowest BCUT2D eigenvalue weighted by Crippen LogP contribution is -2.13. The second kappa shape index (κ2) is 3.98. The smallest absolute Gasteiger partial charge is 0.246 e. The van der Waals surface area contributed by atoms with Gasteiger partial charge in [-0.05, 0) is 24.6 Å². The summed E-state index contributed by atoms with van der Waals surface area (Å²) < 4.78 is 24.4. The zero-order valence-electron chi connectivity index (χ0n) is 7.12. The van der Waals surface area contributed by atoms with Crippen molar-refractivity contribution in [3.63, 3.8) is 0 Å². The molecule has 0 spiro atoms. The van der Waals surface area contributed by atoms with E-state index in [1.54, 1.807) is 18.2 Å². The Bertz CT molecular complexity index is 389. The fraction of sp³-hybridized carbons (Fsp3) is 0.250. The van der Waals surface area contributed by atoms with Crippen LogP contribution in [0.5, 0.6) is 0 Å². The molecule has 1 aromatic carbocycles. The summed E-state index contributed by atoms with van der Waals surface area (Å²) in [6.07, 6.45) is 0. The first-order valence-corrected chi connectivity index (χ1v) is 5.85. The number of nitrogens with one attached hydrogen (secondary N) is 1. The third-order valence-electron chi connectivity index (χ3n) is 1.44. The molecule has 3 nitrogen and oxygen atoms in total. The fourth-order valence-electron chi connectivity index (χ4n) is 0.915. The first-order chi connectivity index (χ1) is 6.03. The summed E-state index contributed by atoms with van der Waals surface area (Å²) in [5, 5.41) is -0.430. The molecule has 0 saturated carbocycles. The highest BCUT2D eigenvalue weighted by molar-refractivity contribution is 7.93. The predicted molar refractivity (Wildman–Crippen MR) is 54.4 cm³/mol. The van der Waals surface area contributed by atoms with E-state index in [0.717, 1.165) is 5.56 Å². The van der Waals surface area contributed by atoms with Crippen LogP contribution < -0.4 is 4.72 Å². The van der Waals surface area contributed by atoms with Crippen LogP contribution >= 0.6 is 11.6 Å². The molecule has 0 aliphatic heterocycles. The lowest BCUT2D eigenvalue weighted by atomic mass is 10.2. The second-order valence-corrected chi connectivity index (χ2v) is 5.00. The number of alkyl halides is 1. The molecule has 0 heterocycles. The first kappa shape index (κ1) is 10.3. The van der Waals surface area contributed by atoms with Gasteiger partial charge in [0.05, 0.1) is 0 Å². The Morgan fingerprint density at radius 2 is 2.15 bits per heavy atom. The Kier molecular flexibility index (Phi) is 3.17. The van der Waals surface area contributed by atoms with Gasteiger partial charge in [0.1, 0.15) is 5.21 Å². The van der Waals surface area contributed by atoms with Crippen LogP contribution in [0.25, 0.3) is 0 Å². The largest absolute Gasteiger partial charge is 0.283 e. The maximum Gasteiger partial charge on any atom is 0.246 e. The fourth-order valence-corrected chi connectivity index (χ4v) is 1.62. The summed E-state index contributed by atoms with van der Waals surface area (Å²) in [6.45, 7) is 1.89. The quantitative estimate of drug-likeness (QED) is 0.790. The number of aryl methyl sites for hydroxylation is 1. The third kappa shape index (κ3) is 3.24. The van der Waals surface area contributed by atoms with Crippen molar-refractivity contribution in [3.8, 4) is 0 Å². The van der Waals surface area contributed by atoms with Crippen molar-refractivity contribution < 1.29 is 8.42 Å². The van der Waals surface area contributed by atoms with E-state index in [0.29, 0.717) is 5.69 Å². The van der Waals surface area contributed by atoms with E-state index in [1.807, 2.05) is 13.0 Å². The molecule has 1 aromatic rings. The Hall–Kier alpha value is -0.740. The van der Waals surface area contributed by atoms with Gasteiger partial charge in [0.25, 0.3) is 0 Å². The molecular formula is C8H10ClNO2S. The summed E-state index contributed by atoms with van der Waals surface area (Å²) in [4.78, 5) is 0. The molecule has 0 aliphatic carbocycles. The molecule has 72 valence electrons. The lowest BCUT2D eigenvalue weighted by Gasteiger charge is -2.04. The van der Waals surface area contributed by atoms with Crippen LogP contribution in [0.3, 0.4) is 0 Å². The van der Waals surface area contributed by atoms with Gasteiger partial charge in [-0.1, -0.05) is 12.1 Å². The van der Waals surface area contributed by atoms with Gasteiger partial charge < -0.3 is 0 Å². The van der Waals surface area contributed by atoms with Crippen LogP contribution in [0.4, 0.5) is 5.69 Å². The van der Waals surface area contributed by atoms with E-state index in [2.05, 4.69) is 4.72 Å². The van der Waals surface area contributed by atoms with Gasteiger partial charge in [0, 0.05) is 5.69 Å². The lowest BCUT2D eigenvalue weighted by molar-refractivity contribution is 0.605. The van der Waals surface area contributed by atoms with Gasteiger partial charge in [0.15, 0.2) is 0 Å². The van der Waals surface area contributed by atoms with Crippen molar-refractivity contribution in [1.29, 1.82) is 0 Å². The van der Waals surface area contributed by atoms with E-state index in [9.17, 15) is 8.42 Å². The molecule has 0 bridgehead atoms. The highest BCUT2D eigenvalue weighted by atomic mass is 35.5. The van der Waals surface area contributed by atoms with Gasteiger partial charge in [-0.3, -0.25) is 4.72 Å². The number of rotatable bonds is 3.